The number of aromatic nitrogens is 2. The van der Waals surface area contributed by atoms with E-state index >= 15 is 0 Å². The largest absolute Gasteiger partial charge is 0.382 e. The Morgan fingerprint density at radius 1 is 1.29 bits per heavy atom. The summed E-state index contributed by atoms with van der Waals surface area (Å²) >= 11 is 0. The maximum absolute atomic E-state index is 13.9. The molecule has 108 valence electrons. The van der Waals surface area contributed by atoms with Gasteiger partial charge in [-0.3, -0.25) is 0 Å². The first-order valence-corrected chi connectivity index (χ1v) is 7.47. The first-order valence-electron chi connectivity index (χ1n) is 5.57. The molecule has 1 aromatic carbocycles. The van der Waals surface area contributed by atoms with Crippen LogP contribution in [0, 0.1) is 17.1 Å². The maximum atomic E-state index is 13.9. The molecule has 21 heavy (non-hydrogen) atoms. The second kappa shape index (κ2) is 4.99. The molecule has 2 rings (SSSR count). The van der Waals surface area contributed by atoms with Crippen molar-refractivity contribution in [1.29, 1.82) is 5.26 Å². The molecular weight excluding hydrogens is 297 g/mol. The number of nitrogen functional groups attached to an aromatic ring is 2. The van der Waals surface area contributed by atoms with E-state index in [4.69, 9.17) is 16.7 Å². The molecule has 0 bridgehead atoms. The van der Waals surface area contributed by atoms with Gasteiger partial charge in [-0.05, 0) is 6.07 Å². The smallest absolute Gasteiger partial charge is 0.222 e. The molecule has 0 spiro atoms. The van der Waals surface area contributed by atoms with Crippen molar-refractivity contribution < 1.29 is 12.8 Å². The molecule has 0 aliphatic carbocycles. The minimum atomic E-state index is -3.89. The second-order valence-corrected chi connectivity index (χ2v) is 6.14. The lowest BCUT2D eigenvalue weighted by molar-refractivity contribution is 0.571. The number of halogens is 1. The number of benzene rings is 1. The molecule has 4 N–H and O–H groups in total. The number of hydrogen-bond donors (Lipinski definition) is 2. The van der Waals surface area contributed by atoms with E-state index in [1.807, 2.05) is 0 Å². The van der Waals surface area contributed by atoms with Gasteiger partial charge >= 0.3 is 0 Å². The molecule has 0 saturated heterocycles. The van der Waals surface area contributed by atoms with E-state index in [1.54, 1.807) is 6.07 Å². The van der Waals surface area contributed by atoms with Gasteiger partial charge in [-0.25, -0.2) is 17.8 Å². The molecular formula is C12H10FN5O2S. The molecule has 0 fully saturated rings. The van der Waals surface area contributed by atoms with Crippen LogP contribution in [0.5, 0.6) is 0 Å². The van der Waals surface area contributed by atoms with Crippen molar-refractivity contribution in [3.63, 3.8) is 0 Å². The van der Waals surface area contributed by atoms with Crippen molar-refractivity contribution in [2.45, 2.75) is 4.90 Å². The number of sulfone groups is 1. The minimum Gasteiger partial charge on any atom is -0.382 e. The standard InChI is InChI=1S/C12H10FN5O2S/c1-21(19,20)10-6(3-2-4-8(10)13)9-7(5-14)11(15)18-12(16)17-9/h2-4H,1H3,(H4,15,16,17,18). The molecule has 2 aromatic rings. The lowest BCUT2D eigenvalue weighted by atomic mass is 10.1. The van der Waals surface area contributed by atoms with Crippen LogP contribution in [-0.2, 0) is 9.84 Å². The number of hydrogen-bond acceptors (Lipinski definition) is 7. The molecule has 0 radical (unpaired) electrons. The molecule has 0 atom stereocenters. The number of anilines is 2. The zero-order valence-electron chi connectivity index (χ0n) is 10.8. The molecule has 0 aliphatic heterocycles. The Kier molecular flexibility index (Phi) is 3.49. The van der Waals surface area contributed by atoms with Crippen LogP contribution in [0.15, 0.2) is 23.1 Å². The zero-order valence-corrected chi connectivity index (χ0v) is 11.6. The van der Waals surface area contributed by atoms with Crippen molar-refractivity contribution in [2.24, 2.45) is 0 Å². The molecule has 1 aromatic heterocycles. The number of nitrogens with two attached hydrogens (primary N) is 2. The van der Waals surface area contributed by atoms with Crippen LogP contribution in [0.3, 0.4) is 0 Å². The van der Waals surface area contributed by atoms with E-state index in [-0.39, 0.29) is 28.6 Å². The van der Waals surface area contributed by atoms with E-state index in [1.165, 1.54) is 12.1 Å². The van der Waals surface area contributed by atoms with E-state index in [0.717, 1.165) is 12.3 Å². The van der Waals surface area contributed by atoms with Gasteiger partial charge in [0, 0.05) is 11.8 Å². The van der Waals surface area contributed by atoms with Crippen molar-refractivity contribution in [2.75, 3.05) is 17.7 Å². The van der Waals surface area contributed by atoms with Crippen LogP contribution >= 0.6 is 0 Å². The number of rotatable bonds is 2. The fraction of sp³-hybridized carbons (Fsp3) is 0.0833. The van der Waals surface area contributed by atoms with Gasteiger partial charge in [-0.2, -0.15) is 10.2 Å². The Balaban J connectivity index is 2.94. The van der Waals surface area contributed by atoms with Gasteiger partial charge in [0.2, 0.25) is 5.95 Å². The Hall–Kier alpha value is -2.73. The summed E-state index contributed by atoms with van der Waals surface area (Å²) in [7, 11) is -3.89. The molecule has 0 unspecified atom stereocenters. The van der Waals surface area contributed by atoms with Crippen LogP contribution in [0.4, 0.5) is 16.2 Å². The van der Waals surface area contributed by atoms with Crippen LogP contribution in [-0.4, -0.2) is 24.6 Å². The second-order valence-electron chi connectivity index (χ2n) is 4.19. The summed E-state index contributed by atoms with van der Waals surface area (Å²) in [6.45, 7) is 0. The van der Waals surface area contributed by atoms with Gasteiger partial charge < -0.3 is 11.5 Å². The third-order valence-electron chi connectivity index (χ3n) is 2.66. The fourth-order valence-corrected chi connectivity index (χ4v) is 2.86. The predicted octanol–water partition coefficient (Wildman–Crippen LogP) is 0.722. The molecule has 9 heteroatoms. The normalized spacial score (nSPS) is 11.1. The first-order chi connectivity index (χ1) is 9.75. The molecule has 7 nitrogen and oxygen atoms in total. The summed E-state index contributed by atoms with van der Waals surface area (Å²) in [4.78, 5) is 6.88. The molecule has 0 amide bonds. The van der Waals surface area contributed by atoms with Gasteiger partial charge in [-0.1, -0.05) is 12.1 Å². The summed E-state index contributed by atoms with van der Waals surface area (Å²) in [6.07, 6.45) is 0.856. The van der Waals surface area contributed by atoms with Gasteiger partial charge in [0.1, 0.15) is 28.2 Å². The van der Waals surface area contributed by atoms with E-state index < -0.39 is 20.5 Å². The predicted molar refractivity (Wildman–Crippen MR) is 74.1 cm³/mol. The van der Waals surface area contributed by atoms with Gasteiger partial charge in [0.25, 0.3) is 0 Å². The van der Waals surface area contributed by atoms with Crippen molar-refractivity contribution in [3.05, 3.63) is 29.6 Å². The van der Waals surface area contributed by atoms with Crippen LogP contribution in [0.2, 0.25) is 0 Å². The fourth-order valence-electron chi connectivity index (χ4n) is 1.87. The van der Waals surface area contributed by atoms with Crippen LogP contribution in [0.1, 0.15) is 5.56 Å². The minimum absolute atomic E-state index is 0.0881. The van der Waals surface area contributed by atoms with Crippen molar-refractivity contribution in [1.82, 2.24) is 9.97 Å². The Morgan fingerprint density at radius 3 is 2.52 bits per heavy atom. The van der Waals surface area contributed by atoms with Gasteiger partial charge in [-0.15, -0.1) is 0 Å². The van der Waals surface area contributed by atoms with E-state index in [2.05, 4.69) is 9.97 Å². The summed E-state index contributed by atoms with van der Waals surface area (Å²) < 4.78 is 37.5. The van der Waals surface area contributed by atoms with Crippen LogP contribution in [0.25, 0.3) is 11.3 Å². The lowest BCUT2D eigenvalue weighted by Crippen LogP contribution is -2.08. The zero-order chi connectivity index (χ0) is 15.8. The summed E-state index contributed by atoms with van der Waals surface area (Å²) in [5, 5.41) is 9.12. The lowest BCUT2D eigenvalue weighted by Gasteiger charge is -2.11. The topological polar surface area (TPSA) is 136 Å². The highest BCUT2D eigenvalue weighted by molar-refractivity contribution is 7.90. The van der Waals surface area contributed by atoms with Crippen molar-refractivity contribution in [3.8, 4) is 17.3 Å². The highest BCUT2D eigenvalue weighted by Crippen LogP contribution is 2.32. The summed E-state index contributed by atoms with van der Waals surface area (Å²) in [6, 6.07) is 5.39. The number of nitrogens with zero attached hydrogens (tertiary/aromatic N) is 3. The van der Waals surface area contributed by atoms with Crippen molar-refractivity contribution >= 4 is 21.6 Å². The average Bonchev–Trinajstić information content (AvgIpc) is 2.36. The Morgan fingerprint density at radius 2 is 1.95 bits per heavy atom. The summed E-state index contributed by atoms with van der Waals surface area (Å²) in [5.41, 5.74) is 10.7. The maximum Gasteiger partial charge on any atom is 0.222 e. The quantitative estimate of drug-likeness (QED) is 0.834. The summed E-state index contributed by atoms with van der Waals surface area (Å²) in [5.74, 6) is -1.40. The molecule has 1 heterocycles. The highest BCUT2D eigenvalue weighted by Gasteiger charge is 2.24. The van der Waals surface area contributed by atoms with Gasteiger partial charge in [0.05, 0.1) is 5.69 Å². The van der Waals surface area contributed by atoms with Crippen LogP contribution < -0.4 is 11.5 Å². The Labute approximate surface area is 120 Å². The van der Waals surface area contributed by atoms with E-state index in [9.17, 15) is 12.8 Å². The first kappa shape index (κ1) is 14.7. The third-order valence-corrected chi connectivity index (χ3v) is 3.82. The number of nitriles is 1. The highest BCUT2D eigenvalue weighted by atomic mass is 32.2. The average molecular weight is 307 g/mol. The SMILES string of the molecule is CS(=O)(=O)c1c(F)cccc1-c1nc(N)nc(N)c1C#N. The molecule has 0 aliphatic rings. The van der Waals surface area contributed by atoms with Gasteiger partial charge in [0.15, 0.2) is 9.84 Å². The van der Waals surface area contributed by atoms with E-state index in [0.29, 0.717) is 0 Å². The monoisotopic (exact) mass is 307 g/mol. The molecule has 0 saturated carbocycles. The third kappa shape index (κ3) is 2.61. The Bertz CT molecular complexity index is 874.